The van der Waals surface area contributed by atoms with Crippen LogP contribution in [0.15, 0.2) is 24.3 Å². The minimum Gasteiger partial charge on any atom is -0.379 e. The topological polar surface area (TPSA) is 99.8 Å². The minimum absolute atomic E-state index is 0.0140. The number of nitrogens with one attached hydrogen (secondary N) is 3. The van der Waals surface area contributed by atoms with Crippen LogP contribution in [-0.4, -0.2) is 61.1 Å². The molecule has 162 valence electrons. The molecule has 3 N–H and O–H groups in total. The molecule has 2 saturated heterocycles. The van der Waals surface area contributed by atoms with Crippen LogP contribution in [0.5, 0.6) is 0 Å². The highest BCUT2D eigenvalue weighted by molar-refractivity contribution is 6.31. The molecule has 3 aliphatic rings. The summed E-state index contributed by atoms with van der Waals surface area (Å²) >= 11 is 6.45. The van der Waals surface area contributed by atoms with Crippen molar-refractivity contribution in [2.75, 3.05) is 32.8 Å². The lowest BCUT2D eigenvalue weighted by Gasteiger charge is -2.36. The van der Waals surface area contributed by atoms with Crippen LogP contribution < -0.4 is 16.0 Å². The first-order chi connectivity index (χ1) is 14.5. The van der Waals surface area contributed by atoms with Crippen LogP contribution in [0.1, 0.15) is 37.3 Å². The fraction of sp³-hybridized carbons (Fsp3) is 0.571. The summed E-state index contributed by atoms with van der Waals surface area (Å²) in [5, 5.41) is 8.83. The van der Waals surface area contributed by atoms with Gasteiger partial charge in [0.1, 0.15) is 5.54 Å². The van der Waals surface area contributed by atoms with Crippen molar-refractivity contribution in [1.82, 2.24) is 20.9 Å². The van der Waals surface area contributed by atoms with Crippen LogP contribution in [0.2, 0.25) is 5.02 Å². The second-order valence-electron chi connectivity index (χ2n) is 8.20. The van der Waals surface area contributed by atoms with Crippen molar-refractivity contribution in [3.63, 3.8) is 0 Å². The third kappa shape index (κ3) is 4.31. The lowest BCUT2D eigenvalue weighted by Crippen LogP contribution is -2.51. The van der Waals surface area contributed by atoms with E-state index in [1.807, 2.05) is 24.3 Å². The van der Waals surface area contributed by atoms with E-state index in [0.29, 0.717) is 50.5 Å². The number of hydrogen-bond donors (Lipinski definition) is 3. The quantitative estimate of drug-likeness (QED) is 0.611. The fourth-order valence-electron chi connectivity index (χ4n) is 4.66. The molecule has 1 saturated carbocycles. The summed E-state index contributed by atoms with van der Waals surface area (Å²) in [6.07, 6.45) is 2.07. The molecule has 3 fully saturated rings. The monoisotopic (exact) mass is 434 g/mol. The lowest BCUT2D eigenvalue weighted by molar-refractivity contribution is -0.130. The van der Waals surface area contributed by atoms with E-state index in [-0.39, 0.29) is 23.8 Å². The van der Waals surface area contributed by atoms with E-state index in [0.717, 1.165) is 18.7 Å². The second-order valence-corrected chi connectivity index (χ2v) is 8.60. The Morgan fingerprint density at radius 1 is 1.23 bits per heavy atom. The number of ether oxygens (including phenoxy) is 1. The molecule has 1 unspecified atom stereocenters. The summed E-state index contributed by atoms with van der Waals surface area (Å²) in [7, 11) is 0. The SMILES string of the molecule is O=C1NC(=O)C2(CCC(C(=O)NCC(c3ccccc3Cl)N3CCOCC3)CC2)N1. The molecule has 0 bridgehead atoms. The zero-order chi connectivity index (χ0) is 21.1. The fourth-order valence-corrected chi connectivity index (χ4v) is 4.93. The molecule has 2 heterocycles. The van der Waals surface area contributed by atoms with Crippen molar-refractivity contribution in [3.8, 4) is 0 Å². The minimum atomic E-state index is -0.845. The van der Waals surface area contributed by atoms with Crippen LogP contribution in [0.4, 0.5) is 4.79 Å². The molecule has 1 aliphatic carbocycles. The van der Waals surface area contributed by atoms with E-state index >= 15 is 0 Å². The molecule has 4 amide bonds. The van der Waals surface area contributed by atoms with Crippen molar-refractivity contribution in [2.45, 2.75) is 37.3 Å². The van der Waals surface area contributed by atoms with Crippen molar-refractivity contribution in [1.29, 1.82) is 0 Å². The number of halogens is 1. The van der Waals surface area contributed by atoms with Gasteiger partial charge in [-0.1, -0.05) is 29.8 Å². The number of carbonyl (C=O) groups is 3. The first-order valence-corrected chi connectivity index (χ1v) is 10.8. The maximum atomic E-state index is 12.9. The Morgan fingerprint density at radius 3 is 2.57 bits per heavy atom. The zero-order valence-corrected chi connectivity index (χ0v) is 17.5. The van der Waals surface area contributed by atoms with Gasteiger partial charge in [0.2, 0.25) is 5.91 Å². The highest BCUT2D eigenvalue weighted by atomic mass is 35.5. The van der Waals surface area contributed by atoms with Gasteiger partial charge in [0.05, 0.1) is 19.3 Å². The Kier molecular flexibility index (Phi) is 6.26. The van der Waals surface area contributed by atoms with Crippen molar-refractivity contribution < 1.29 is 19.1 Å². The molecular weight excluding hydrogens is 408 g/mol. The smallest absolute Gasteiger partial charge is 0.322 e. The van der Waals surface area contributed by atoms with Gasteiger partial charge in [0.15, 0.2) is 0 Å². The molecule has 0 radical (unpaired) electrons. The highest BCUT2D eigenvalue weighted by Crippen LogP contribution is 2.34. The van der Waals surface area contributed by atoms with Crippen LogP contribution in [0, 0.1) is 5.92 Å². The van der Waals surface area contributed by atoms with Gasteiger partial charge in [0, 0.05) is 30.6 Å². The number of nitrogens with zero attached hydrogens (tertiary/aromatic N) is 1. The van der Waals surface area contributed by atoms with Gasteiger partial charge in [-0.25, -0.2) is 4.79 Å². The predicted molar refractivity (Wildman–Crippen MR) is 111 cm³/mol. The maximum Gasteiger partial charge on any atom is 0.322 e. The summed E-state index contributed by atoms with van der Waals surface area (Å²) in [4.78, 5) is 38.7. The van der Waals surface area contributed by atoms with Crippen LogP contribution in [0.3, 0.4) is 0 Å². The third-order valence-corrected chi connectivity index (χ3v) is 6.79. The van der Waals surface area contributed by atoms with Gasteiger partial charge >= 0.3 is 6.03 Å². The van der Waals surface area contributed by atoms with E-state index in [4.69, 9.17) is 16.3 Å². The molecule has 0 aromatic heterocycles. The molecular formula is C21H27ClN4O4. The molecule has 1 aromatic carbocycles. The number of morpholine rings is 1. The third-order valence-electron chi connectivity index (χ3n) is 6.44. The highest BCUT2D eigenvalue weighted by Gasteiger charge is 2.48. The summed E-state index contributed by atoms with van der Waals surface area (Å²) < 4.78 is 5.47. The molecule has 30 heavy (non-hydrogen) atoms. The van der Waals surface area contributed by atoms with Gasteiger partial charge in [-0.15, -0.1) is 0 Å². The zero-order valence-electron chi connectivity index (χ0n) is 16.8. The van der Waals surface area contributed by atoms with Crippen molar-refractivity contribution >= 4 is 29.4 Å². The molecule has 1 spiro atoms. The average molecular weight is 435 g/mol. The lowest BCUT2D eigenvalue weighted by atomic mass is 9.76. The van der Waals surface area contributed by atoms with Gasteiger partial charge < -0.3 is 15.4 Å². The maximum absolute atomic E-state index is 12.9. The molecule has 1 aromatic rings. The van der Waals surface area contributed by atoms with Crippen LogP contribution in [-0.2, 0) is 14.3 Å². The summed E-state index contributed by atoms with van der Waals surface area (Å²) in [6.45, 7) is 3.35. The Morgan fingerprint density at radius 2 is 1.93 bits per heavy atom. The van der Waals surface area contributed by atoms with E-state index in [1.165, 1.54) is 0 Å². The number of urea groups is 1. The number of benzene rings is 1. The van der Waals surface area contributed by atoms with Gasteiger partial charge in [-0.05, 0) is 37.3 Å². The van der Waals surface area contributed by atoms with E-state index in [1.54, 1.807) is 0 Å². The Hall–Kier alpha value is -2.16. The number of hydrogen-bond acceptors (Lipinski definition) is 5. The van der Waals surface area contributed by atoms with Gasteiger partial charge in [-0.3, -0.25) is 19.8 Å². The van der Waals surface area contributed by atoms with Crippen molar-refractivity contribution in [2.24, 2.45) is 5.92 Å². The Balaban J connectivity index is 1.38. The summed E-state index contributed by atoms with van der Waals surface area (Å²) in [5.74, 6) is -0.463. The standard InChI is InChI=1S/C21H27ClN4O4/c22-16-4-2-1-3-15(16)17(26-9-11-30-12-10-26)13-23-18(27)14-5-7-21(8-6-14)19(28)24-20(29)25-21/h1-4,14,17H,5-13H2,(H,23,27)(H2,24,25,28,29). The number of imide groups is 1. The molecule has 9 heteroatoms. The van der Waals surface area contributed by atoms with E-state index in [2.05, 4.69) is 20.9 Å². The molecule has 4 rings (SSSR count). The van der Waals surface area contributed by atoms with Crippen LogP contribution >= 0.6 is 11.6 Å². The van der Waals surface area contributed by atoms with E-state index < -0.39 is 11.6 Å². The van der Waals surface area contributed by atoms with E-state index in [9.17, 15) is 14.4 Å². The van der Waals surface area contributed by atoms with Crippen LogP contribution in [0.25, 0.3) is 0 Å². The molecule has 1 atom stereocenters. The number of amides is 4. The Labute approximate surface area is 180 Å². The number of carbonyl (C=O) groups excluding carboxylic acids is 3. The molecule has 2 aliphatic heterocycles. The first kappa shape index (κ1) is 21.1. The van der Waals surface area contributed by atoms with Gasteiger partial charge in [-0.2, -0.15) is 0 Å². The van der Waals surface area contributed by atoms with Gasteiger partial charge in [0.25, 0.3) is 5.91 Å². The largest absolute Gasteiger partial charge is 0.379 e. The second kappa shape index (κ2) is 8.91. The average Bonchev–Trinajstić information content (AvgIpc) is 3.03. The Bertz CT molecular complexity index is 819. The van der Waals surface area contributed by atoms with Crippen molar-refractivity contribution in [3.05, 3.63) is 34.9 Å². The summed E-state index contributed by atoms with van der Waals surface area (Å²) in [6, 6.07) is 7.25. The molecule has 8 nitrogen and oxygen atoms in total. The predicted octanol–water partition coefficient (Wildman–Crippen LogP) is 1.60. The first-order valence-electron chi connectivity index (χ1n) is 10.5. The number of rotatable bonds is 5. The summed E-state index contributed by atoms with van der Waals surface area (Å²) in [5.41, 5.74) is 0.149. The normalized spacial score (nSPS) is 28.1.